The van der Waals surface area contributed by atoms with E-state index in [2.05, 4.69) is 143 Å². The molecule has 1 heterocycles. The van der Waals surface area contributed by atoms with Crippen LogP contribution in [0.5, 0.6) is 0 Å². The summed E-state index contributed by atoms with van der Waals surface area (Å²) in [4.78, 5) is 0. The lowest BCUT2D eigenvalue weighted by atomic mass is 9.66. The lowest BCUT2D eigenvalue weighted by Gasteiger charge is -2.35. The summed E-state index contributed by atoms with van der Waals surface area (Å²) in [5, 5.41) is 2.69. The maximum atomic E-state index is 3.87. The summed E-state index contributed by atoms with van der Waals surface area (Å²) in [5.74, 6) is 0. The first-order valence-corrected chi connectivity index (χ1v) is 14.9. The minimum absolute atomic E-state index is 0.439. The van der Waals surface area contributed by atoms with Gasteiger partial charge in [0, 0.05) is 30.2 Å². The van der Waals surface area contributed by atoms with Crippen molar-refractivity contribution in [2.75, 3.05) is 0 Å². The number of thiophene rings is 1. The molecule has 9 rings (SSSR count). The largest absolute Gasteiger partial charge is 0.135 e. The molecule has 1 unspecified atom stereocenters. The van der Waals surface area contributed by atoms with Crippen molar-refractivity contribution in [2.45, 2.75) is 5.41 Å². The summed E-state index contributed by atoms with van der Waals surface area (Å²) in [6.07, 6.45) is 0. The van der Waals surface area contributed by atoms with Crippen molar-refractivity contribution in [3.8, 4) is 33.4 Å². The average molecular weight is 578 g/mol. The molecule has 0 nitrogen and oxygen atoms in total. The molecule has 1 atom stereocenters. The van der Waals surface area contributed by atoms with E-state index in [-0.39, 0.29) is 0 Å². The van der Waals surface area contributed by atoms with Crippen LogP contribution in [0.3, 0.4) is 0 Å². The third-order valence-electron chi connectivity index (χ3n) is 8.78. The third-order valence-corrected chi connectivity index (χ3v) is 10.5. The number of benzene rings is 6. The zero-order chi connectivity index (χ0) is 25.7. The Balaban J connectivity index is 1.55. The van der Waals surface area contributed by atoms with Crippen LogP contribution in [-0.4, -0.2) is 0 Å². The molecule has 2 aliphatic carbocycles. The zero-order valence-electron chi connectivity index (χ0n) is 20.9. The molecule has 1 aromatic heterocycles. The molecule has 1 spiro atoms. The Bertz CT molecular complexity index is 2150. The van der Waals surface area contributed by atoms with E-state index in [0.717, 1.165) is 4.47 Å². The normalized spacial score (nSPS) is 16.4. The van der Waals surface area contributed by atoms with Crippen LogP contribution >= 0.6 is 27.3 Å². The molecular weight excluding hydrogens is 556 g/mol. The van der Waals surface area contributed by atoms with Crippen LogP contribution in [-0.2, 0) is 5.41 Å². The van der Waals surface area contributed by atoms with Gasteiger partial charge in [-0.25, -0.2) is 0 Å². The fourth-order valence-electron chi connectivity index (χ4n) is 7.33. The van der Waals surface area contributed by atoms with E-state index < -0.39 is 5.41 Å². The van der Waals surface area contributed by atoms with Gasteiger partial charge in [0.1, 0.15) is 0 Å². The maximum absolute atomic E-state index is 3.87. The fourth-order valence-corrected chi connectivity index (χ4v) is 8.95. The molecular formula is C37H21BrS. The topological polar surface area (TPSA) is 0 Å². The minimum Gasteiger partial charge on any atom is -0.135 e. The number of fused-ring (bicyclic) bond motifs is 16. The number of halogens is 1. The van der Waals surface area contributed by atoms with Gasteiger partial charge in [-0.05, 0) is 68.3 Å². The van der Waals surface area contributed by atoms with E-state index >= 15 is 0 Å². The summed E-state index contributed by atoms with van der Waals surface area (Å²) >= 11 is 5.80. The molecule has 0 amide bonds. The van der Waals surface area contributed by atoms with E-state index in [1.54, 1.807) is 0 Å². The van der Waals surface area contributed by atoms with Gasteiger partial charge in [0.25, 0.3) is 0 Å². The lowest BCUT2D eigenvalue weighted by Crippen LogP contribution is -2.29. The first-order chi connectivity index (χ1) is 19.3. The van der Waals surface area contributed by atoms with Crippen molar-refractivity contribution < 1.29 is 0 Å². The molecule has 0 aliphatic heterocycles. The molecule has 2 heteroatoms. The monoisotopic (exact) mass is 576 g/mol. The molecule has 0 radical (unpaired) electrons. The van der Waals surface area contributed by atoms with Gasteiger partial charge >= 0.3 is 0 Å². The number of hydrogen-bond acceptors (Lipinski definition) is 1. The summed E-state index contributed by atoms with van der Waals surface area (Å²) < 4.78 is 3.83. The minimum atomic E-state index is -0.439. The molecule has 0 saturated carbocycles. The first kappa shape index (κ1) is 21.9. The SMILES string of the molecule is Brc1ccc2c(c1)C1(c3ccccc3-c3ccccc3-2)c2ccccc2-c2c1ccc1c2sc2ccccc21. The van der Waals surface area contributed by atoms with Crippen molar-refractivity contribution in [3.05, 3.63) is 154 Å². The standard InChI is InChI=1S/C37H21BrS/c38-22-17-18-26-24-10-2-1-9-23(24)25-11-3-6-14-30(25)37(33(26)21-22)31-15-7-4-13-29(31)35-32(37)20-19-28-27-12-5-8-16-34(27)39-36(28)35/h1-21H. The van der Waals surface area contributed by atoms with Gasteiger partial charge in [-0.2, -0.15) is 0 Å². The Morgan fingerprint density at radius 3 is 1.87 bits per heavy atom. The van der Waals surface area contributed by atoms with Gasteiger partial charge in [-0.3, -0.25) is 0 Å². The van der Waals surface area contributed by atoms with E-state index in [0.29, 0.717) is 0 Å². The van der Waals surface area contributed by atoms with Gasteiger partial charge in [0.2, 0.25) is 0 Å². The van der Waals surface area contributed by atoms with Crippen LogP contribution in [0, 0.1) is 0 Å². The molecule has 39 heavy (non-hydrogen) atoms. The van der Waals surface area contributed by atoms with Crippen molar-refractivity contribution >= 4 is 47.4 Å². The molecule has 0 N–H and O–H groups in total. The van der Waals surface area contributed by atoms with Crippen LogP contribution in [0.15, 0.2) is 132 Å². The van der Waals surface area contributed by atoms with Gasteiger partial charge in [0.15, 0.2) is 0 Å². The van der Waals surface area contributed by atoms with Gasteiger partial charge < -0.3 is 0 Å². The lowest BCUT2D eigenvalue weighted by molar-refractivity contribution is 0.775. The molecule has 0 fully saturated rings. The molecule has 182 valence electrons. The van der Waals surface area contributed by atoms with Crippen LogP contribution in [0.4, 0.5) is 0 Å². The smallest absolute Gasteiger partial charge is 0.0726 e. The highest BCUT2D eigenvalue weighted by Crippen LogP contribution is 2.63. The number of hydrogen-bond donors (Lipinski definition) is 0. The van der Waals surface area contributed by atoms with Crippen LogP contribution in [0.2, 0.25) is 0 Å². The maximum Gasteiger partial charge on any atom is 0.0726 e. The van der Waals surface area contributed by atoms with Crippen LogP contribution in [0.1, 0.15) is 22.3 Å². The molecule has 7 aromatic rings. The Morgan fingerprint density at radius 2 is 1.08 bits per heavy atom. The molecule has 0 saturated heterocycles. The highest BCUT2D eigenvalue weighted by Gasteiger charge is 2.50. The number of rotatable bonds is 0. The summed E-state index contributed by atoms with van der Waals surface area (Å²) in [6.45, 7) is 0. The zero-order valence-corrected chi connectivity index (χ0v) is 23.3. The van der Waals surface area contributed by atoms with Crippen molar-refractivity contribution in [3.63, 3.8) is 0 Å². The molecule has 2 aliphatic rings. The molecule has 0 bridgehead atoms. The van der Waals surface area contributed by atoms with E-state index in [9.17, 15) is 0 Å². The second-order valence-corrected chi connectivity index (χ2v) is 12.5. The summed E-state index contributed by atoms with van der Waals surface area (Å²) in [6, 6.07) is 47.6. The molecule has 6 aromatic carbocycles. The highest BCUT2D eigenvalue weighted by molar-refractivity contribution is 9.10. The predicted molar refractivity (Wildman–Crippen MR) is 169 cm³/mol. The Labute approximate surface area is 239 Å². The van der Waals surface area contributed by atoms with Gasteiger partial charge in [-0.15, -0.1) is 11.3 Å². The first-order valence-electron chi connectivity index (χ1n) is 13.3. The summed E-state index contributed by atoms with van der Waals surface area (Å²) in [5.41, 5.74) is 12.9. The van der Waals surface area contributed by atoms with Crippen LogP contribution in [0.25, 0.3) is 53.6 Å². The predicted octanol–water partition coefficient (Wildman–Crippen LogP) is 10.8. The quantitative estimate of drug-likeness (QED) is 0.168. The Kier molecular flexibility index (Phi) is 4.37. The van der Waals surface area contributed by atoms with E-state index in [1.165, 1.54) is 75.8 Å². The van der Waals surface area contributed by atoms with Crippen molar-refractivity contribution in [1.29, 1.82) is 0 Å². The Hall–Kier alpha value is -3.98. The summed E-state index contributed by atoms with van der Waals surface area (Å²) in [7, 11) is 0. The third kappa shape index (κ3) is 2.68. The van der Waals surface area contributed by atoms with Gasteiger partial charge in [0.05, 0.1) is 5.41 Å². The van der Waals surface area contributed by atoms with Crippen molar-refractivity contribution in [1.82, 2.24) is 0 Å². The van der Waals surface area contributed by atoms with Crippen LogP contribution < -0.4 is 0 Å². The van der Waals surface area contributed by atoms with Crippen molar-refractivity contribution in [2.24, 2.45) is 0 Å². The highest BCUT2D eigenvalue weighted by atomic mass is 79.9. The fraction of sp³-hybridized carbons (Fsp3) is 0.0270. The second kappa shape index (κ2) is 7.79. The van der Waals surface area contributed by atoms with Gasteiger partial charge in [-0.1, -0.05) is 125 Å². The second-order valence-electron chi connectivity index (χ2n) is 10.5. The Morgan fingerprint density at radius 1 is 0.462 bits per heavy atom. The van der Waals surface area contributed by atoms with E-state index in [1.807, 2.05) is 11.3 Å². The van der Waals surface area contributed by atoms with E-state index in [4.69, 9.17) is 0 Å². The average Bonchev–Trinajstić information content (AvgIpc) is 3.48.